The van der Waals surface area contributed by atoms with Gasteiger partial charge in [0.15, 0.2) is 0 Å². The summed E-state index contributed by atoms with van der Waals surface area (Å²) in [5.41, 5.74) is 1.91. The van der Waals surface area contributed by atoms with Crippen LogP contribution in [0.15, 0.2) is 22.7 Å². The highest BCUT2D eigenvalue weighted by molar-refractivity contribution is 5.62. The number of carbonyl (C=O) groups is 1. The molecule has 80 valence electrons. The third-order valence-electron chi connectivity index (χ3n) is 1.88. The van der Waals surface area contributed by atoms with Crippen molar-refractivity contribution in [3.63, 3.8) is 0 Å². The maximum Gasteiger partial charge on any atom is 0.518 e. The summed E-state index contributed by atoms with van der Waals surface area (Å²) in [4.78, 5) is 11.2. The second-order valence-electron chi connectivity index (χ2n) is 3.57. The van der Waals surface area contributed by atoms with Crippen molar-refractivity contribution in [1.29, 1.82) is 0 Å². The third kappa shape index (κ3) is 4.70. The monoisotopic (exact) mass is 198 g/mol. The van der Waals surface area contributed by atoms with Gasteiger partial charge in [-0.15, -0.1) is 0 Å². The molecule has 0 saturated carbocycles. The summed E-state index contributed by atoms with van der Waals surface area (Å²) in [6.45, 7) is 10.9. The van der Waals surface area contributed by atoms with Crippen molar-refractivity contribution in [2.45, 2.75) is 41.5 Å². The van der Waals surface area contributed by atoms with Gasteiger partial charge in [-0.3, -0.25) is 0 Å². The number of ether oxygens (including phenoxy) is 2. The highest BCUT2D eigenvalue weighted by Crippen LogP contribution is 2.09. The summed E-state index contributed by atoms with van der Waals surface area (Å²) in [5, 5.41) is 0. The van der Waals surface area contributed by atoms with E-state index in [0.717, 1.165) is 11.1 Å². The molecule has 0 aliphatic carbocycles. The first-order chi connectivity index (χ1) is 6.34. The molecule has 0 heterocycles. The molecule has 0 bridgehead atoms. The van der Waals surface area contributed by atoms with Gasteiger partial charge in [-0.25, -0.2) is 4.79 Å². The normalized spacial score (nSPS) is 9.00. The van der Waals surface area contributed by atoms with Crippen LogP contribution in [-0.2, 0) is 9.47 Å². The molecule has 14 heavy (non-hydrogen) atoms. The SMILES string of the molecule is CC(C)=C(C)OC(=O)OC(C)=C(C)C. The first-order valence-corrected chi connectivity index (χ1v) is 4.52. The Labute approximate surface area is 85.4 Å². The average molecular weight is 198 g/mol. The molecule has 0 atom stereocenters. The lowest BCUT2D eigenvalue weighted by Gasteiger charge is -2.07. The van der Waals surface area contributed by atoms with Gasteiger partial charge in [0.2, 0.25) is 0 Å². The lowest BCUT2D eigenvalue weighted by Crippen LogP contribution is -2.06. The van der Waals surface area contributed by atoms with E-state index >= 15 is 0 Å². The van der Waals surface area contributed by atoms with Gasteiger partial charge in [0.25, 0.3) is 0 Å². The van der Waals surface area contributed by atoms with E-state index in [1.54, 1.807) is 13.8 Å². The number of hydrogen-bond acceptors (Lipinski definition) is 3. The molecule has 0 spiro atoms. The lowest BCUT2D eigenvalue weighted by molar-refractivity contribution is 0.101. The van der Waals surface area contributed by atoms with Gasteiger partial charge in [0.05, 0.1) is 0 Å². The molecule has 0 aliphatic rings. The standard InChI is InChI=1S/C11H18O3/c1-7(2)9(5)13-11(12)14-10(6)8(3)4/h1-6H3. The van der Waals surface area contributed by atoms with E-state index in [4.69, 9.17) is 9.47 Å². The minimum absolute atomic E-state index is 0.580. The Kier molecular flexibility index (Phi) is 4.99. The summed E-state index contributed by atoms with van der Waals surface area (Å²) >= 11 is 0. The van der Waals surface area contributed by atoms with E-state index in [-0.39, 0.29) is 0 Å². The molecule has 0 aromatic carbocycles. The highest BCUT2D eigenvalue weighted by atomic mass is 16.7. The van der Waals surface area contributed by atoms with E-state index in [2.05, 4.69) is 0 Å². The van der Waals surface area contributed by atoms with Crippen LogP contribution in [0.5, 0.6) is 0 Å². The van der Waals surface area contributed by atoms with E-state index in [0.29, 0.717) is 11.5 Å². The van der Waals surface area contributed by atoms with Gasteiger partial charge >= 0.3 is 6.16 Å². The maximum absolute atomic E-state index is 11.2. The molecule has 0 N–H and O–H groups in total. The van der Waals surface area contributed by atoms with Crippen molar-refractivity contribution >= 4 is 6.16 Å². The van der Waals surface area contributed by atoms with Crippen LogP contribution >= 0.6 is 0 Å². The molecule has 0 radical (unpaired) electrons. The summed E-state index contributed by atoms with van der Waals surface area (Å²) in [5.74, 6) is 1.16. The fraction of sp³-hybridized carbons (Fsp3) is 0.545. The van der Waals surface area contributed by atoms with Crippen molar-refractivity contribution in [3.8, 4) is 0 Å². The third-order valence-corrected chi connectivity index (χ3v) is 1.88. The minimum atomic E-state index is -0.678. The van der Waals surface area contributed by atoms with Gasteiger partial charge in [-0.1, -0.05) is 0 Å². The second-order valence-corrected chi connectivity index (χ2v) is 3.57. The summed E-state index contributed by atoms with van der Waals surface area (Å²) < 4.78 is 9.83. The molecule has 0 amide bonds. The molecular weight excluding hydrogens is 180 g/mol. The average Bonchev–Trinajstić information content (AvgIpc) is 2.03. The molecule has 0 rings (SSSR count). The molecule has 0 aromatic heterocycles. The van der Waals surface area contributed by atoms with E-state index in [9.17, 15) is 4.79 Å². The summed E-state index contributed by atoms with van der Waals surface area (Å²) in [7, 11) is 0. The summed E-state index contributed by atoms with van der Waals surface area (Å²) in [6, 6.07) is 0. The van der Waals surface area contributed by atoms with Crippen molar-refractivity contribution in [2.24, 2.45) is 0 Å². The van der Waals surface area contributed by atoms with E-state index in [1.807, 2.05) is 27.7 Å². The topological polar surface area (TPSA) is 35.5 Å². The summed E-state index contributed by atoms with van der Waals surface area (Å²) in [6.07, 6.45) is -0.678. The largest absolute Gasteiger partial charge is 0.518 e. The van der Waals surface area contributed by atoms with E-state index < -0.39 is 6.16 Å². The van der Waals surface area contributed by atoms with Crippen molar-refractivity contribution in [3.05, 3.63) is 22.7 Å². The predicted octanol–water partition coefficient (Wildman–Crippen LogP) is 3.77. The Morgan fingerprint density at radius 3 is 1.21 bits per heavy atom. The molecule has 0 unspecified atom stereocenters. The van der Waals surface area contributed by atoms with Crippen LogP contribution in [0.25, 0.3) is 0 Å². The van der Waals surface area contributed by atoms with Crippen LogP contribution in [-0.4, -0.2) is 6.16 Å². The Balaban J connectivity index is 4.28. The van der Waals surface area contributed by atoms with Crippen molar-refractivity contribution in [1.82, 2.24) is 0 Å². The zero-order valence-corrected chi connectivity index (χ0v) is 9.72. The van der Waals surface area contributed by atoms with Crippen LogP contribution in [0, 0.1) is 0 Å². The predicted molar refractivity (Wildman–Crippen MR) is 55.7 cm³/mol. The zero-order valence-electron chi connectivity index (χ0n) is 9.72. The van der Waals surface area contributed by atoms with Gasteiger partial charge < -0.3 is 9.47 Å². The van der Waals surface area contributed by atoms with Gasteiger partial charge in [0, 0.05) is 0 Å². The number of rotatable bonds is 2. The molecular formula is C11H18O3. The highest BCUT2D eigenvalue weighted by Gasteiger charge is 2.07. The van der Waals surface area contributed by atoms with Gasteiger partial charge in [-0.05, 0) is 52.7 Å². The Hall–Kier alpha value is -1.25. The molecule has 0 saturated heterocycles. The number of carbonyl (C=O) groups excluding carboxylic acids is 1. The lowest BCUT2D eigenvalue weighted by atomic mass is 10.3. The molecule has 0 aliphatic heterocycles. The zero-order chi connectivity index (χ0) is 11.3. The van der Waals surface area contributed by atoms with E-state index in [1.165, 1.54) is 0 Å². The Bertz CT molecular complexity index is 249. The van der Waals surface area contributed by atoms with Crippen LogP contribution in [0.1, 0.15) is 41.5 Å². The molecule has 3 nitrogen and oxygen atoms in total. The number of hydrogen-bond donors (Lipinski definition) is 0. The minimum Gasteiger partial charge on any atom is -0.400 e. The van der Waals surface area contributed by atoms with Gasteiger partial charge in [0.1, 0.15) is 11.5 Å². The van der Waals surface area contributed by atoms with Crippen LogP contribution < -0.4 is 0 Å². The fourth-order valence-corrected chi connectivity index (χ4v) is 0.475. The number of allylic oxidation sites excluding steroid dienone is 4. The Morgan fingerprint density at radius 1 is 0.714 bits per heavy atom. The first-order valence-electron chi connectivity index (χ1n) is 4.52. The Morgan fingerprint density at radius 2 is 1.00 bits per heavy atom. The smallest absolute Gasteiger partial charge is 0.400 e. The molecule has 0 fully saturated rings. The molecule has 0 aromatic rings. The fourth-order valence-electron chi connectivity index (χ4n) is 0.475. The maximum atomic E-state index is 11.2. The van der Waals surface area contributed by atoms with Crippen molar-refractivity contribution < 1.29 is 14.3 Å². The van der Waals surface area contributed by atoms with Crippen LogP contribution in [0.4, 0.5) is 4.79 Å². The quantitative estimate of drug-likeness (QED) is 0.500. The first kappa shape index (κ1) is 12.8. The van der Waals surface area contributed by atoms with Crippen LogP contribution in [0.2, 0.25) is 0 Å². The van der Waals surface area contributed by atoms with Crippen molar-refractivity contribution in [2.75, 3.05) is 0 Å². The van der Waals surface area contributed by atoms with Crippen LogP contribution in [0.3, 0.4) is 0 Å². The van der Waals surface area contributed by atoms with Gasteiger partial charge in [-0.2, -0.15) is 0 Å². The molecule has 3 heteroatoms. The second kappa shape index (κ2) is 5.47.